The van der Waals surface area contributed by atoms with E-state index in [1.54, 1.807) is 12.4 Å². The molecule has 1 aromatic carbocycles. The van der Waals surface area contributed by atoms with E-state index in [-0.39, 0.29) is 5.91 Å². The molecule has 4 nitrogen and oxygen atoms in total. The number of hydrogen-bond donors (Lipinski definition) is 0. The van der Waals surface area contributed by atoms with Gasteiger partial charge in [-0.05, 0) is 59.9 Å². The van der Waals surface area contributed by atoms with Crippen molar-refractivity contribution in [3.05, 3.63) is 82.3 Å². The number of thiophene rings is 1. The number of carbonyl (C=O) groups is 1. The molecule has 0 aliphatic carbocycles. The number of carbonyl (C=O) groups excluding carboxylic acids is 1. The molecule has 0 unspecified atom stereocenters. The van der Waals surface area contributed by atoms with Crippen LogP contribution < -0.4 is 4.74 Å². The fourth-order valence-corrected chi connectivity index (χ4v) is 4.29. The lowest BCUT2D eigenvalue weighted by Crippen LogP contribution is -2.38. The number of ether oxygens (including phenoxy) is 1. The first-order chi connectivity index (χ1) is 13.8. The zero-order chi connectivity index (χ0) is 19.2. The number of likely N-dealkylation sites (tertiary alicyclic amines) is 1. The highest BCUT2D eigenvalue weighted by Gasteiger charge is 2.24. The highest BCUT2D eigenvalue weighted by Crippen LogP contribution is 2.24. The Balaban J connectivity index is 1.24. The van der Waals surface area contributed by atoms with Gasteiger partial charge in [-0.3, -0.25) is 9.78 Å². The van der Waals surface area contributed by atoms with Crippen molar-refractivity contribution in [2.24, 2.45) is 5.92 Å². The first-order valence-corrected chi connectivity index (χ1v) is 10.6. The minimum atomic E-state index is 0.186. The molecule has 144 valence electrons. The van der Waals surface area contributed by atoms with E-state index in [9.17, 15) is 4.79 Å². The van der Waals surface area contributed by atoms with Crippen molar-refractivity contribution in [3.63, 3.8) is 0 Å². The molecule has 5 heteroatoms. The number of nitrogens with zero attached hydrogens (tertiary/aromatic N) is 2. The lowest BCUT2D eigenvalue weighted by atomic mass is 9.90. The summed E-state index contributed by atoms with van der Waals surface area (Å²) in [4.78, 5) is 19.4. The van der Waals surface area contributed by atoms with E-state index in [0.717, 1.165) is 48.5 Å². The molecule has 2 aromatic heterocycles. The summed E-state index contributed by atoms with van der Waals surface area (Å²) in [5.41, 5.74) is 2.51. The number of benzene rings is 1. The average molecular weight is 393 g/mol. The molecule has 1 aliphatic rings. The Kier molecular flexibility index (Phi) is 6.02. The molecule has 1 fully saturated rings. The van der Waals surface area contributed by atoms with Crippen LogP contribution in [0.2, 0.25) is 0 Å². The fraction of sp³-hybridized carbons (Fsp3) is 0.304. The van der Waals surface area contributed by atoms with E-state index in [1.807, 2.05) is 34.5 Å². The monoisotopic (exact) mass is 392 g/mol. The predicted octanol–water partition coefficient (Wildman–Crippen LogP) is 4.82. The van der Waals surface area contributed by atoms with E-state index in [1.165, 1.54) is 16.9 Å². The maximum atomic E-state index is 12.4. The number of amides is 1. The minimum Gasteiger partial charge on any atom is -0.487 e. The zero-order valence-electron chi connectivity index (χ0n) is 15.8. The Morgan fingerprint density at radius 2 is 1.86 bits per heavy atom. The smallest absolute Gasteiger partial charge is 0.263 e. The highest BCUT2D eigenvalue weighted by molar-refractivity contribution is 7.12. The third-order valence-corrected chi connectivity index (χ3v) is 6.08. The Morgan fingerprint density at radius 1 is 1.07 bits per heavy atom. The van der Waals surface area contributed by atoms with E-state index in [4.69, 9.17) is 4.74 Å². The molecule has 4 rings (SSSR count). The quantitative estimate of drug-likeness (QED) is 0.604. The summed E-state index contributed by atoms with van der Waals surface area (Å²) in [5, 5.41) is 1.96. The van der Waals surface area contributed by atoms with E-state index < -0.39 is 0 Å². The van der Waals surface area contributed by atoms with Crippen LogP contribution in [0.25, 0.3) is 0 Å². The number of pyridine rings is 1. The topological polar surface area (TPSA) is 42.4 Å². The van der Waals surface area contributed by atoms with Crippen molar-refractivity contribution in [1.82, 2.24) is 9.88 Å². The van der Waals surface area contributed by atoms with Crippen LogP contribution in [-0.2, 0) is 13.0 Å². The van der Waals surface area contributed by atoms with Crippen molar-refractivity contribution in [2.75, 3.05) is 13.1 Å². The molecule has 1 aliphatic heterocycles. The summed E-state index contributed by atoms with van der Waals surface area (Å²) >= 11 is 1.53. The molecular formula is C23H24N2O2S. The summed E-state index contributed by atoms with van der Waals surface area (Å²) in [6, 6.07) is 16.3. The van der Waals surface area contributed by atoms with Gasteiger partial charge in [0.05, 0.1) is 11.1 Å². The van der Waals surface area contributed by atoms with Gasteiger partial charge in [0.2, 0.25) is 0 Å². The summed E-state index contributed by atoms with van der Waals surface area (Å²) in [5.74, 6) is 1.62. The van der Waals surface area contributed by atoms with Gasteiger partial charge in [-0.25, -0.2) is 0 Å². The third-order valence-electron chi connectivity index (χ3n) is 5.22. The average Bonchev–Trinajstić information content (AvgIpc) is 3.29. The van der Waals surface area contributed by atoms with Crippen LogP contribution in [0.3, 0.4) is 0 Å². The van der Waals surface area contributed by atoms with Crippen molar-refractivity contribution in [1.29, 1.82) is 0 Å². The highest BCUT2D eigenvalue weighted by atomic mass is 32.1. The van der Waals surface area contributed by atoms with Gasteiger partial charge in [0, 0.05) is 19.3 Å². The first-order valence-electron chi connectivity index (χ1n) is 9.71. The zero-order valence-corrected chi connectivity index (χ0v) is 16.6. The van der Waals surface area contributed by atoms with E-state index in [2.05, 4.69) is 29.2 Å². The van der Waals surface area contributed by atoms with Gasteiger partial charge >= 0.3 is 0 Å². The molecule has 0 saturated carbocycles. The van der Waals surface area contributed by atoms with Crippen molar-refractivity contribution < 1.29 is 9.53 Å². The van der Waals surface area contributed by atoms with Gasteiger partial charge in [-0.2, -0.15) is 0 Å². The molecule has 0 N–H and O–H groups in total. The molecule has 3 heterocycles. The third kappa shape index (κ3) is 4.78. The molecule has 3 aromatic rings. The van der Waals surface area contributed by atoms with Gasteiger partial charge < -0.3 is 9.64 Å². The van der Waals surface area contributed by atoms with Crippen molar-refractivity contribution in [3.8, 4) is 5.75 Å². The maximum Gasteiger partial charge on any atom is 0.263 e. The molecule has 0 bridgehead atoms. The molecule has 1 saturated heterocycles. The Morgan fingerprint density at radius 3 is 2.54 bits per heavy atom. The summed E-state index contributed by atoms with van der Waals surface area (Å²) in [6.45, 7) is 2.27. The van der Waals surface area contributed by atoms with Crippen LogP contribution in [0.4, 0.5) is 0 Å². The fourth-order valence-electron chi connectivity index (χ4n) is 3.60. The lowest BCUT2D eigenvalue weighted by molar-refractivity contribution is 0.0695. The van der Waals surface area contributed by atoms with Gasteiger partial charge in [0.25, 0.3) is 5.91 Å². The second kappa shape index (κ2) is 9.02. The Bertz CT molecular complexity index is 871. The maximum absolute atomic E-state index is 12.4. The van der Waals surface area contributed by atoms with Crippen molar-refractivity contribution in [2.45, 2.75) is 25.9 Å². The number of hydrogen-bond acceptors (Lipinski definition) is 4. The molecule has 0 atom stereocenters. The van der Waals surface area contributed by atoms with Crippen LogP contribution in [0.15, 0.2) is 66.3 Å². The second-order valence-corrected chi connectivity index (χ2v) is 8.16. The van der Waals surface area contributed by atoms with Gasteiger partial charge in [0.15, 0.2) is 0 Å². The Labute approximate surface area is 169 Å². The first kappa shape index (κ1) is 18.7. The normalized spacial score (nSPS) is 14.8. The predicted molar refractivity (Wildman–Crippen MR) is 112 cm³/mol. The SMILES string of the molecule is O=C(c1cccs1)N1CCC(Cc2ccc(COc3cccnc3)cc2)CC1. The minimum absolute atomic E-state index is 0.186. The van der Waals surface area contributed by atoms with E-state index >= 15 is 0 Å². The summed E-state index contributed by atoms with van der Waals surface area (Å²) in [7, 11) is 0. The molecular weight excluding hydrogens is 368 g/mol. The largest absolute Gasteiger partial charge is 0.487 e. The van der Waals surface area contributed by atoms with E-state index in [0.29, 0.717) is 12.5 Å². The molecule has 0 spiro atoms. The van der Waals surface area contributed by atoms with Crippen molar-refractivity contribution >= 4 is 17.2 Å². The van der Waals surface area contributed by atoms with Gasteiger partial charge in [-0.15, -0.1) is 11.3 Å². The molecule has 1 amide bonds. The van der Waals surface area contributed by atoms with Crippen LogP contribution >= 0.6 is 11.3 Å². The number of aromatic nitrogens is 1. The van der Waals surface area contributed by atoms with Crippen LogP contribution in [0, 0.1) is 5.92 Å². The Hall–Kier alpha value is -2.66. The van der Waals surface area contributed by atoms with Gasteiger partial charge in [0.1, 0.15) is 12.4 Å². The van der Waals surface area contributed by atoms with Crippen LogP contribution in [-0.4, -0.2) is 28.9 Å². The lowest BCUT2D eigenvalue weighted by Gasteiger charge is -2.31. The molecule has 0 radical (unpaired) electrons. The summed E-state index contributed by atoms with van der Waals surface area (Å²) in [6.07, 6.45) is 6.69. The number of rotatable bonds is 6. The van der Waals surface area contributed by atoms with Gasteiger partial charge in [-0.1, -0.05) is 30.3 Å². The summed E-state index contributed by atoms with van der Waals surface area (Å²) < 4.78 is 5.75. The number of piperidine rings is 1. The second-order valence-electron chi connectivity index (χ2n) is 7.21. The molecule has 28 heavy (non-hydrogen) atoms. The van der Waals surface area contributed by atoms with Crippen LogP contribution in [0.5, 0.6) is 5.75 Å². The van der Waals surface area contributed by atoms with Crippen LogP contribution in [0.1, 0.15) is 33.6 Å². The standard InChI is InChI=1S/C23H24N2O2S/c26-23(22-4-2-14-28-22)25-12-9-19(10-13-25)15-18-5-7-20(8-6-18)17-27-21-3-1-11-24-16-21/h1-8,11,14,16,19H,9-10,12-13,15,17H2.